The minimum absolute atomic E-state index is 0.556. The fourth-order valence-electron chi connectivity index (χ4n) is 1.92. The van der Waals surface area contributed by atoms with E-state index in [1.807, 2.05) is 0 Å². The van der Waals surface area contributed by atoms with E-state index in [2.05, 4.69) is 63.3 Å². The lowest BCUT2D eigenvalue weighted by Gasteiger charge is -2.20. The molecular formula is C13H15B. The SMILES string of the molecule is Bc1ccc(C2C=CC=CC2C)cc1. The molecule has 0 saturated carbocycles. The third-order valence-electron chi connectivity index (χ3n) is 2.87. The molecule has 2 atom stereocenters. The minimum Gasteiger partial charge on any atom is -0.0889 e. The van der Waals surface area contributed by atoms with Crippen molar-refractivity contribution in [1.29, 1.82) is 0 Å². The minimum atomic E-state index is 0.556. The van der Waals surface area contributed by atoms with Crippen molar-refractivity contribution in [2.24, 2.45) is 5.92 Å². The Morgan fingerprint density at radius 3 is 2.29 bits per heavy atom. The molecule has 0 fully saturated rings. The zero-order valence-corrected chi connectivity index (χ0v) is 8.77. The highest BCUT2D eigenvalue weighted by molar-refractivity contribution is 6.32. The Bertz CT molecular complexity index is 359. The van der Waals surface area contributed by atoms with E-state index in [1.165, 1.54) is 11.0 Å². The van der Waals surface area contributed by atoms with Gasteiger partial charge in [-0.3, -0.25) is 0 Å². The molecule has 1 aromatic rings. The molecule has 0 aromatic heterocycles. The van der Waals surface area contributed by atoms with Gasteiger partial charge < -0.3 is 0 Å². The van der Waals surface area contributed by atoms with Crippen molar-refractivity contribution < 1.29 is 0 Å². The van der Waals surface area contributed by atoms with Crippen LogP contribution < -0.4 is 5.46 Å². The van der Waals surface area contributed by atoms with Crippen LogP contribution in [0, 0.1) is 5.92 Å². The first kappa shape index (κ1) is 9.33. The van der Waals surface area contributed by atoms with Gasteiger partial charge in [-0.15, -0.1) is 0 Å². The summed E-state index contributed by atoms with van der Waals surface area (Å²) in [5.74, 6) is 1.17. The van der Waals surface area contributed by atoms with Crippen LogP contribution in [0.4, 0.5) is 0 Å². The van der Waals surface area contributed by atoms with E-state index >= 15 is 0 Å². The highest BCUT2D eigenvalue weighted by atomic mass is 14.2. The Balaban J connectivity index is 2.27. The van der Waals surface area contributed by atoms with Gasteiger partial charge in [0.25, 0.3) is 0 Å². The Hall–Kier alpha value is -1.24. The zero-order chi connectivity index (χ0) is 9.97. The van der Waals surface area contributed by atoms with Gasteiger partial charge in [-0.05, 0) is 11.5 Å². The van der Waals surface area contributed by atoms with Crippen molar-refractivity contribution in [3.63, 3.8) is 0 Å². The van der Waals surface area contributed by atoms with Crippen LogP contribution in [0.5, 0.6) is 0 Å². The predicted octanol–water partition coefficient (Wildman–Crippen LogP) is 1.79. The van der Waals surface area contributed by atoms with Gasteiger partial charge in [0.05, 0.1) is 0 Å². The molecule has 0 N–H and O–H groups in total. The number of benzene rings is 1. The number of hydrogen-bond donors (Lipinski definition) is 0. The van der Waals surface area contributed by atoms with Crippen LogP contribution in [-0.4, -0.2) is 7.85 Å². The van der Waals surface area contributed by atoms with Gasteiger partial charge in [-0.1, -0.05) is 61.0 Å². The maximum Gasteiger partial charge on any atom is 0.139 e. The summed E-state index contributed by atoms with van der Waals surface area (Å²) in [7, 11) is 2.13. The van der Waals surface area contributed by atoms with E-state index in [0.29, 0.717) is 11.8 Å². The van der Waals surface area contributed by atoms with Crippen LogP contribution in [-0.2, 0) is 0 Å². The lowest BCUT2D eigenvalue weighted by atomic mass is 9.83. The van der Waals surface area contributed by atoms with Crippen molar-refractivity contribution in [3.05, 3.63) is 54.1 Å². The van der Waals surface area contributed by atoms with E-state index in [4.69, 9.17) is 0 Å². The summed E-state index contributed by atoms with van der Waals surface area (Å²) in [4.78, 5) is 0. The van der Waals surface area contributed by atoms with Crippen LogP contribution in [0.25, 0.3) is 0 Å². The normalized spacial score (nSPS) is 25.2. The highest BCUT2D eigenvalue weighted by Gasteiger charge is 2.15. The number of allylic oxidation sites excluding steroid dienone is 4. The van der Waals surface area contributed by atoms with E-state index in [-0.39, 0.29) is 0 Å². The lowest BCUT2D eigenvalue weighted by Crippen LogP contribution is -2.09. The molecule has 2 rings (SSSR count). The third-order valence-corrected chi connectivity index (χ3v) is 2.87. The third kappa shape index (κ3) is 1.82. The first-order valence-corrected chi connectivity index (χ1v) is 5.19. The van der Waals surface area contributed by atoms with Crippen LogP contribution >= 0.6 is 0 Å². The smallest absolute Gasteiger partial charge is 0.0889 e. The summed E-state index contributed by atoms with van der Waals surface area (Å²) in [6.45, 7) is 2.27. The van der Waals surface area contributed by atoms with Gasteiger partial charge in [-0.25, -0.2) is 0 Å². The van der Waals surface area contributed by atoms with Crippen molar-refractivity contribution in [1.82, 2.24) is 0 Å². The molecule has 2 unspecified atom stereocenters. The fraction of sp³-hybridized carbons (Fsp3) is 0.231. The molecule has 0 spiro atoms. The average molecular weight is 182 g/mol. The van der Waals surface area contributed by atoms with Crippen LogP contribution in [0.3, 0.4) is 0 Å². The van der Waals surface area contributed by atoms with Gasteiger partial charge in [0, 0.05) is 5.92 Å². The summed E-state index contributed by atoms with van der Waals surface area (Å²) in [6, 6.07) is 8.85. The molecule has 0 nitrogen and oxygen atoms in total. The van der Waals surface area contributed by atoms with Crippen LogP contribution in [0.2, 0.25) is 0 Å². The van der Waals surface area contributed by atoms with Crippen LogP contribution in [0.1, 0.15) is 18.4 Å². The van der Waals surface area contributed by atoms with Gasteiger partial charge in [0.2, 0.25) is 0 Å². The highest BCUT2D eigenvalue weighted by Crippen LogP contribution is 2.28. The summed E-state index contributed by atoms with van der Waals surface area (Å²) < 4.78 is 0. The molecule has 70 valence electrons. The van der Waals surface area contributed by atoms with E-state index < -0.39 is 0 Å². The Morgan fingerprint density at radius 2 is 1.64 bits per heavy atom. The Kier molecular flexibility index (Phi) is 2.58. The molecule has 0 saturated heterocycles. The molecule has 1 heteroatoms. The van der Waals surface area contributed by atoms with Gasteiger partial charge in [-0.2, -0.15) is 0 Å². The number of rotatable bonds is 1. The van der Waals surface area contributed by atoms with Crippen molar-refractivity contribution >= 4 is 13.3 Å². The summed E-state index contributed by atoms with van der Waals surface area (Å²) in [6.07, 6.45) is 8.83. The first-order valence-electron chi connectivity index (χ1n) is 5.19. The molecule has 0 heterocycles. The summed E-state index contributed by atoms with van der Waals surface area (Å²) in [5, 5.41) is 0. The van der Waals surface area contributed by atoms with Crippen molar-refractivity contribution in [2.75, 3.05) is 0 Å². The molecule has 1 aliphatic rings. The number of hydrogen-bond acceptors (Lipinski definition) is 0. The molecule has 1 aromatic carbocycles. The van der Waals surface area contributed by atoms with Crippen LogP contribution in [0.15, 0.2) is 48.6 Å². The Morgan fingerprint density at radius 1 is 1.00 bits per heavy atom. The maximum absolute atomic E-state index is 2.29. The second kappa shape index (κ2) is 3.87. The largest absolute Gasteiger partial charge is 0.139 e. The fourth-order valence-corrected chi connectivity index (χ4v) is 1.92. The molecule has 14 heavy (non-hydrogen) atoms. The first-order chi connectivity index (χ1) is 6.77. The Labute approximate surface area is 86.8 Å². The molecular weight excluding hydrogens is 167 g/mol. The zero-order valence-electron chi connectivity index (χ0n) is 8.77. The molecule has 0 amide bonds. The molecule has 0 bridgehead atoms. The van der Waals surface area contributed by atoms with E-state index in [0.717, 1.165) is 0 Å². The van der Waals surface area contributed by atoms with Crippen molar-refractivity contribution in [3.8, 4) is 0 Å². The van der Waals surface area contributed by atoms with E-state index in [9.17, 15) is 0 Å². The molecule has 1 aliphatic carbocycles. The van der Waals surface area contributed by atoms with Gasteiger partial charge >= 0.3 is 0 Å². The summed E-state index contributed by atoms with van der Waals surface area (Å²) in [5.41, 5.74) is 2.75. The average Bonchev–Trinajstić information content (AvgIpc) is 2.20. The van der Waals surface area contributed by atoms with Crippen molar-refractivity contribution in [2.45, 2.75) is 12.8 Å². The standard InChI is InChI=1S/C13H15B/c1-10-4-2-3-5-13(10)11-6-8-12(14)9-7-11/h2-10,13H,14H2,1H3. The molecule has 0 aliphatic heterocycles. The van der Waals surface area contributed by atoms with Gasteiger partial charge in [0.15, 0.2) is 0 Å². The topological polar surface area (TPSA) is 0 Å². The monoisotopic (exact) mass is 182 g/mol. The predicted molar refractivity (Wildman–Crippen MR) is 64.8 cm³/mol. The van der Waals surface area contributed by atoms with Gasteiger partial charge in [0.1, 0.15) is 7.85 Å². The molecule has 0 radical (unpaired) electrons. The van der Waals surface area contributed by atoms with E-state index in [1.54, 1.807) is 0 Å². The second-order valence-electron chi connectivity index (χ2n) is 4.07. The second-order valence-corrected chi connectivity index (χ2v) is 4.07. The maximum atomic E-state index is 2.29. The lowest BCUT2D eigenvalue weighted by molar-refractivity contribution is 0.635. The summed E-state index contributed by atoms with van der Waals surface area (Å²) >= 11 is 0. The quantitative estimate of drug-likeness (QED) is 0.581.